The van der Waals surface area contributed by atoms with E-state index in [1.165, 1.54) is 16.7 Å². The molecule has 9 nitrogen and oxygen atoms in total. The summed E-state index contributed by atoms with van der Waals surface area (Å²) in [5.41, 5.74) is 3.80. The zero-order valence-corrected chi connectivity index (χ0v) is 17.3. The SMILES string of the molecule is Cc1cc(C)c(N2CCN(C(=O)c3ccc(N4CC(=O)NC4=O)nc3)CC2)nc1C. The molecule has 30 heavy (non-hydrogen) atoms. The van der Waals surface area contributed by atoms with Gasteiger partial charge in [-0.15, -0.1) is 0 Å². The molecule has 2 aliphatic heterocycles. The van der Waals surface area contributed by atoms with Crippen LogP contribution in [0.1, 0.15) is 27.2 Å². The Kier molecular flexibility index (Phi) is 5.11. The van der Waals surface area contributed by atoms with Crippen molar-refractivity contribution in [1.29, 1.82) is 0 Å². The van der Waals surface area contributed by atoms with Crippen LogP contribution in [0.15, 0.2) is 24.4 Å². The second-order valence-corrected chi connectivity index (χ2v) is 7.65. The van der Waals surface area contributed by atoms with E-state index in [1.54, 1.807) is 17.0 Å². The molecular weight excluding hydrogens is 384 g/mol. The Labute approximate surface area is 174 Å². The number of hydrogen-bond acceptors (Lipinski definition) is 6. The lowest BCUT2D eigenvalue weighted by atomic mass is 10.1. The summed E-state index contributed by atoms with van der Waals surface area (Å²) in [6.07, 6.45) is 1.45. The second kappa shape index (κ2) is 7.74. The van der Waals surface area contributed by atoms with Gasteiger partial charge in [0.25, 0.3) is 5.91 Å². The Morgan fingerprint density at radius 3 is 2.37 bits per heavy atom. The zero-order chi connectivity index (χ0) is 21.4. The summed E-state index contributed by atoms with van der Waals surface area (Å²) in [5, 5.41) is 2.21. The number of urea groups is 1. The number of imide groups is 1. The molecule has 4 amide bonds. The average molecular weight is 408 g/mol. The molecule has 2 aromatic heterocycles. The van der Waals surface area contributed by atoms with E-state index in [0.717, 1.165) is 17.1 Å². The molecule has 0 radical (unpaired) electrons. The normalized spacial score (nSPS) is 16.8. The first-order valence-corrected chi connectivity index (χ1v) is 9.90. The summed E-state index contributed by atoms with van der Waals surface area (Å²) in [4.78, 5) is 50.1. The van der Waals surface area contributed by atoms with Gasteiger partial charge in [-0.05, 0) is 44.0 Å². The number of nitrogens with zero attached hydrogens (tertiary/aromatic N) is 5. The van der Waals surface area contributed by atoms with Crippen LogP contribution in [0, 0.1) is 20.8 Å². The average Bonchev–Trinajstić information content (AvgIpc) is 3.08. The van der Waals surface area contributed by atoms with Gasteiger partial charge >= 0.3 is 6.03 Å². The van der Waals surface area contributed by atoms with E-state index in [0.29, 0.717) is 37.6 Å². The molecule has 0 saturated carbocycles. The second-order valence-electron chi connectivity index (χ2n) is 7.65. The maximum absolute atomic E-state index is 12.9. The highest BCUT2D eigenvalue weighted by Gasteiger charge is 2.29. The van der Waals surface area contributed by atoms with Crippen molar-refractivity contribution in [2.75, 3.05) is 42.5 Å². The highest BCUT2D eigenvalue weighted by Crippen LogP contribution is 2.22. The molecule has 2 saturated heterocycles. The highest BCUT2D eigenvalue weighted by atomic mass is 16.2. The molecule has 4 rings (SSSR count). The number of nitrogens with one attached hydrogen (secondary N) is 1. The van der Waals surface area contributed by atoms with Crippen LogP contribution in [0.5, 0.6) is 0 Å². The molecule has 1 N–H and O–H groups in total. The summed E-state index contributed by atoms with van der Waals surface area (Å²) in [5.74, 6) is 0.861. The summed E-state index contributed by atoms with van der Waals surface area (Å²) in [6, 6.07) is 4.88. The summed E-state index contributed by atoms with van der Waals surface area (Å²) < 4.78 is 0. The molecule has 2 aliphatic rings. The Morgan fingerprint density at radius 2 is 1.77 bits per heavy atom. The van der Waals surface area contributed by atoms with E-state index < -0.39 is 6.03 Å². The minimum atomic E-state index is -0.502. The zero-order valence-electron chi connectivity index (χ0n) is 17.3. The van der Waals surface area contributed by atoms with Crippen molar-refractivity contribution in [2.45, 2.75) is 20.8 Å². The lowest BCUT2D eigenvalue weighted by Crippen LogP contribution is -2.49. The van der Waals surface area contributed by atoms with Gasteiger partial charge in [0, 0.05) is 38.1 Å². The summed E-state index contributed by atoms with van der Waals surface area (Å²) in [7, 11) is 0. The molecule has 0 spiro atoms. The highest BCUT2D eigenvalue weighted by molar-refractivity contribution is 6.11. The van der Waals surface area contributed by atoms with Crippen LogP contribution in [-0.4, -0.2) is 65.4 Å². The molecule has 156 valence electrons. The first-order chi connectivity index (χ1) is 14.3. The summed E-state index contributed by atoms with van der Waals surface area (Å²) >= 11 is 0. The standard InChI is InChI=1S/C21H24N6O3/c1-13-10-14(2)19(23-15(13)3)25-6-8-26(9-7-25)20(29)16-4-5-17(22-11-16)27-12-18(28)24-21(27)30/h4-5,10-11H,6-9,12H2,1-3H3,(H,24,28,30). The quantitative estimate of drug-likeness (QED) is 0.772. The van der Waals surface area contributed by atoms with Gasteiger partial charge in [0.05, 0.1) is 5.56 Å². The number of carbonyl (C=O) groups is 3. The lowest BCUT2D eigenvalue weighted by molar-refractivity contribution is -0.117. The number of piperazine rings is 1. The Balaban J connectivity index is 1.40. The van der Waals surface area contributed by atoms with Gasteiger partial charge in [0.2, 0.25) is 5.91 Å². The van der Waals surface area contributed by atoms with Gasteiger partial charge in [0.15, 0.2) is 0 Å². The van der Waals surface area contributed by atoms with Crippen LogP contribution in [0.4, 0.5) is 16.4 Å². The number of anilines is 2. The van der Waals surface area contributed by atoms with Gasteiger partial charge in [-0.3, -0.25) is 19.8 Å². The van der Waals surface area contributed by atoms with Crippen LogP contribution in [0.25, 0.3) is 0 Å². The van der Waals surface area contributed by atoms with Crippen molar-refractivity contribution in [3.63, 3.8) is 0 Å². The molecule has 2 aromatic rings. The maximum atomic E-state index is 12.9. The third-order valence-electron chi connectivity index (χ3n) is 5.56. The number of rotatable bonds is 3. The van der Waals surface area contributed by atoms with Crippen molar-refractivity contribution in [2.24, 2.45) is 0 Å². The molecule has 0 atom stereocenters. The fourth-order valence-electron chi connectivity index (χ4n) is 3.75. The van der Waals surface area contributed by atoms with E-state index in [1.807, 2.05) is 6.92 Å². The molecule has 0 aromatic carbocycles. The molecule has 9 heteroatoms. The van der Waals surface area contributed by atoms with Crippen LogP contribution in [-0.2, 0) is 4.79 Å². The third kappa shape index (κ3) is 3.70. The van der Waals surface area contributed by atoms with E-state index in [9.17, 15) is 14.4 Å². The van der Waals surface area contributed by atoms with Crippen molar-refractivity contribution < 1.29 is 14.4 Å². The monoisotopic (exact) mass is 408 g/mol. The molecule has 0 aliphatic carbocycles. The fourth-order valence-corrected chi connectivity index (χ4v) is 3.75. The van der Waals surface area contributed by atoms with Crippen molar-refractivity contribution in [3.8, 4) is 0 Å². The Hall–Kier alpha value is -3.49. The van der Waals surface area contributed by atoms with Gasteiger partial charge in [0.1, 0.15) is 18.2 Å². The van der Waals surface area contributed by atoms with Gasteiger partial charge < -0.3 is 9.80 Å². The molecular formula is C21H24N6O3. The number of carbonyl (C=O) groups excluding carboxylic acids is 3. The van der Waals surface area contributed by atoms with Crippen LogP contribution >= 0.6 is 0 Å². The predicted molar refractivity (Wildman–Crippen MR) is 112 cm³/mol. The minimum absolute atomic E-state index is 0.0625. The molecule has 0 bridgehead atoms. The first-order valence-electron chi connectivity index (χ1n) is 9.90. The van der Waals surface area contributed by atoms with Crippen molar-refractivity contribution >= 4 is 29.5 Å². The molecule has 0 unspecified atom stereocenters. The molecule has 2 fully saturated rings. The number of aryl methyl sites for hydroxylation is 3. The summed E-state index contributed by atoms with van der Waals surface area (Å²) in [6.45, 7) is 8.68. The van der Waals surface area contributed by atoms with Crippen LogP contribution in [0.3, 0.4) is 0 Å². The minimum Gasteiger partial charge on any atom is -0.353 e. The van der Waals surface area contributed by atoms with E-state index >= 15 is 0 Å². The fraction of sp³-hybridized carbons (Fsp3) is 0.381. The number of pyridine rings is 2. The largest absolute Gasteiger partial charge is 0.353 e. The first kappa shape index (κ1) is 19.8. The Bertz CT molecular complexity index is 1010. The van der Waals surface area contributed by atoms with E-state index in [2.05, 4.69) is 35.1 Å². The Morgan fingerprint density at radius 1 is 1.03 bits per heavy atom. The van der Waals surface area contributed by atoms with Crippen molar-refractivity contribution in [1.82, 2.24) is 20.2 Å². The topological polar surface area (TPSA) is 98.7 Å². The van der Waals surface area contributed by atoms with Crippen molar-refractivity contribution in [3.05, 3.63) is 46.8 Å². The van der Waals surface area contributed by atoms with Crippen LogP contribution in [0.2, 0.25) is 0 Å². The number of amides is 4. The van der Waals surface area contributed by atoms with E-state index in [-0.39, 0.29) is 18.4 Å². The third-order valence-corrected chi connectivity index (χ3v) is 5.56. The number of aromatic nitrogens is 2. The van der Waals surface area contributed by atoms with Gasteiger partial charge in [-0.1, -0.05) is 6.07 Å². The molecule has 4 heterocycles. The maximum Gasteiger partial charge on any atom is 0.330 e. The lowest BCUT2D eigenvalue weighted by Gasteiger charge is -2.36. The smallest absolute Gasteiger partial charge is 0.330 e. The predicted octanol–water partition coefficient (Wildman–Crippen LogP) is 1.42. The van der Waals surface area contributed by atoms with Gasteiger partial charge in [-0.25, -0.2) is 14.8 Å². The van der Waals surface area contributed by atoms with E-state index in [4.69, 9.17) is 4.98 Å². The van der Waals surface area contributed by atoms with Crippen LogP contribution < -0.4 is 15.1 Å². The number of hydrogen-bond donors (Lipinski definition) is 1. The van der Waals surface area contributed by atoms with Gasteiger partial charge in [-0.2, -0.15) is 0 Å².